The summed E-state index contributed by atoms with van der Waals surface area (Å²) in [5.74, 6) is -0.289. The predicted molar refractivity (Wildman–Crippen MR) is 96.7 cm³/mol. The van der Waals surface area contributed by atoms with E-state index in [4.69, 9.17) is 0 Å². The number of sulfonamides is 1. The first-order valence-electron chi connectivity index (χ1n) is 8.24. The summed E-state index contributed by atoms with van der Waals surface area (Å²) < 4.78 is 27.7. The van der Waals surface area contributed by atoms with Crippen molar-refractivity contribution in [3.63, 3.8) is 0 Å². The van der Waals surface area contributed by atoms with Gasteiger partial charge in [0.05, 0.1) is 4.90 Å². The van der Waals surface area contributed by atoms with Crippen LogP contribution in [0, 0.1) is 20.8 Å². The molecule has 6 heteroatoms. The van der Waals surface area contributed by atoms with Gasteiger partial charge in [0.1, 0.15) is 6.04 Å². The Morgan fingerprint density at radius 1 is 1.00 bits per heavy atom. The lowest BCUT2D eigenvalue weighted by molar-refractivity contribution is -0.126. The van der Waals surface area contributed by atoms with Crippen molar-refractivity contribution in [2.24, 2.45) is 0 Å². The Morgan fingerprint density at radius 2 is 1.68 bits per heavy atom. The lowest BCUT2D eigenvalue weighted by atomic mass is 10.0. The van der Waals surface area contributed by atoms with Crippen LogP contribution < -0.4 is 5.32 Å². The summed E-state index contributed by atoms with van der Waals surface area (Å²) in [6.45, 7) is 6.34. The zero-order valence-electron chi connectivity index (χ0n) is 14.6. The van der Waals surface area contributed by atoms with E-state index in [1.54, 1.807) is 18.2 Å². The number of benzene rings is 2. The van der Waals surface area contributed by atoms with Gasteiger partial charge < -0.3 is 5.32 Å². The quantitative estimate of drug-likeness (QED) is 0.917. The first kappa shape index (κ1) is 17.6. The van der Waals surface area contributed by atoms with E-state index >= 15 is 0 Å². The van der Waals surface area contributed by atoms with Crippen LogP contribution in [-0.2, 0) is 14.8 Å². The predicted octanol–water partition coefficient (Wildman–Crippen LogP) is 2.47. The van der Waals surface area contributed by atoms with Crippen molar-refractivity contribution in [2.75, 3.05) is 13.1 Å². The fourth-order valence-electron chi connectivity index (χ4n) is 2.98. The van der Waals surface area contributed by atoms with Gasteiger partial charge in [-0.1, -0.05) is 35.9 Å². The van der Waals surface area contributed by atoms with Crippen LogP contribution in [-0.4, -0.2) is 31.7 Å². The summed E-state index contributed by atoms with van der Waals surface area (Å²) in [7, 11) is -3.77. The van der Waals surface area contributed by atoms with E-state index in [1.807, 2.05) is 45.0 Å². The van der Waals surface area contributed by atoms with Gasteiger partial charge in [0.2, 0.25) is 15.9 Å². The van der Waals surface area contributed by atoms with Gasteiger partial charge in [-0.3, -0.25) is 4.79 Å². The molecule has 0 radical (unpaired) electrons. The molecule has 1 aliphatic rings. The fourth-order valence-corrected chi connectivity index (χ4v) is 4.64. The number of hydrogen-bond acceptors (Lipinski definition) is 3. The number of rotatable bonds is 3. The van der Waals surface area contributed by atoms with Crippen molar-refractivity contribution in [3.05, 3.63) is 64.7 Å². The minimum atomic E-state index is -3.77. The monoisotopic (exact) mass is 358 g/mol. The number of piperazine rings is 1. The number of carbonyl (C=O) groups is 1. The molecule has 3 rings (SSSR count). The zero-order valence-corrected chi connectivity index (χ0v) is 15.4. The molecule has 0 spiro atoms. The van der Waals surface area contributed by atoms with Crippen LogP contribution >= 0.6 is 0 Å². The minimum Gasteiger partial charge on any atom is -0.353 e. The Morgan fingerprint density at radius 3 is 2.32 bits per heavy atom. The van der Waals surface area contributed by atoms with Gasteiger partial charge in [-0.25, -0.2) is 8.42 Å². The highest BCUT2D eigenvalue weighted by atomic mass is 32.2. The average molecular weight is 358 g/mol. The molecule has 1 unspecified atom stereocenters. The van der Waals surface area contributed by atoms with Crippen LogP contribution in [0.4, 0.5) is 0 Å². The number of amides is 1. The third-order valence-electron chi connectivity index (χ3n) is 4.65. The third kappa shape index (κ3) is 3.32. The van der Waals surface area contributed by atoms with Crippen molar-refractivity contribution in [1.29, 1.82) is 0 Å². The van der Waals surface area contributed by atoms with Gasteiger partial charge in [-0.15, -0.1) is 0 Å². The van der Waals surface area contributed by atoms with E-state index in [1.165, 1.54) is 4.31 Å². The van der Waals surface area contributed by atoms with E-state index in [0.717, 1.165) is 16.7 Å². The summed E-state index contributed by atoms with van der Waals surface area (Å²) in [6.07, 6.45) is 0. The SMILES string of the molecule is Cc1ccc(C2C(=O)NCCN2S(=O)(=O)c2ccc(C)c(C)c2)cc1. The Bertz CT molecular complexity index is 905. The lowest BCUT2D eigenvalue weighted by Crippen LogP contribution is -2.52. The lowest BCUT2D eigenvalue weighted by Gasteiger charge is -2.34. The Labute approximate surface area is 148 Å². The van der Waals surface area contributed by atoms with Gasteiger partial charge in [0.25, 0.3) is 0 Å². The van der Waals surface area contributed by atoms with E-state index in [9.17, 15) is 13.2 Å². The molecule has 1 amide bonds. The number of hydrogen-bond donors (Lipinski definition) is 1. The third-order valence-corrected chi connectivity index (χ3v) is 6.51. The van der Waals surface area contributed by atoms with Gasteiger partial charge in [-0.05, 0) is 49.6 Å². The summed E-state index contributed by atoms with van der Waals surface area (Å²) in [6, 6.07) is 11.6. The molecule has 1 atom stereocenters. The van der Waals surface area contributed by atoms with Crippen LogP contribution in [0.2, 0.25) is 0 Å². The normalized spacial score (nSPS) is 18.8. The maximum absolute atomic E-state index is 13.2. The molecule has 25 heavy (non-hydrogen) atoms. The maximum Gasteiger partial charge on any atom is 0.244 e. The molecule has 5 nitrogen and oxygen atoms in total. The smallest absolute Gasteiger partial charge is 0.244 e. The average Bonchev–Trinajstić information content (AvgIpc) is 2.58. The summed E-state index contributed by atoms with van der Waals surface area (Å²) in [4.78, 5) is 12.7. The van der Waals surface area contributed by atoms with Gasteiger partial charge in [0.15, 0.2) is 0 Å². The Kier molecular flexibility index (Phi) is 4.67. The topological polar surface area (TPSA) is 66.5 Å². The van der Waals surface area contributed by atoms with Crippen molar-refractivity contribution in [1.82, 2.24) is 9.62 Å². The second-order valence-electron chi connectivity index (χ2n) is 6.47. The van der Waals surface area contributed by atoms with E-state index < -0.39 is 16.1 Å². The minimum absolute atomic E-state index is 0.224. The molecule has 0 aliphatic carbocycles. The van der Waals surface area contributed by atoms with E-state index in [0.29, 0.717) is 12.1 Å². The molecular weight excluding hydrogens is 336 g/mol. The van der Waals surface area contributed by atoms with Crippen LogP contribution in [0.25, 0.3) is 0 Å². The molecule has 2 aromatic carbocycles. The van der Waals surface area contributed by atoms with E-state index in [-0.39, 0.29) is 17.3 Å². The number of nitrogens with one attached hydrogen (secondary N) is 1. The van der Waals surface area contributed by atoms with Crippen LogP contribution in [0.1, 0.15) is 28.3 Å². The number of nitrogens with zero attached hydrogens (tertiary/aromatic N) is 1. The Balaban J connectivity index is 2.06. The molecule has 1 saturated heterocycles. The highest BCUT2D eigenvalue weighted by Crippen LogP contribution is 2.30. The molecule has 1 fully saturated rings. The zero-order chi connectivity index (χ0) is 18.2. The second-order valence-corrected chi connectivity index (χ2v) is 8.36. The van der Waals surface area contributed by atoms with Crippen molar-refractivity contribution < 1.29 is 13.2 Å². The van der Waals surface area contributed by atoms with Crippen LogP contribution in [0.15, 0.2) is 47.4 Å². The summed E-state index contributed by atoms with van der Waals surface area (Å²) in [5, 5.41) is 2.77. The molecule has 0 bridgehead atoms. The number of aryl methyl sites for hydroxylation is 3. The van der Waals surface area contributed by atoms with Gasteiger partial charge in [0, 0.05) is 13.1 Å². The van der Waals surface area contributed by atoms with Crippen LogP contribution in [0.5, 0.6) is 0 Å². The second kappa shape index (κ2) is 6.61. The van der Waals surface area contributed by atoms with Crippen molar-refractivity contribution >= 4 is 15.9 Å². The molecule has 1 aliphatic heterocycles. The molecule has 132 valence electrons. The largest absolute Gasteiger partial charge is 0.353 e. The first-order chi connectivity index (χ1) is 11.8. The first-order valence-corrected chi connectivity index (χ1v) is 9.68. The standard InChI is InChI=1S/C19H22N2O3S/c1-13-4-7-16(8-5-13)18-19(22)20-10-11-21(18)25(23,24)17-9-6-14(2)15(3)12-17/h4-9,12,18H,10-11H2,1-3H3,(H,20,22). The molecule has 0 saturated carbocycles. The number of carbonyl (C=O) groups excluding carboxylic acids is 1. The van der Waals surface area contributed by atoms with Gasteiger partial charge in [-0.2, -0.15) is 4.31 Å². The molecule has 1 N–H and O–H groups in total. The molecule has 0 aromatic heterocycles. The maximum atomic E-state index is 13.2. The molecule has 2 aromatic rings. The Hall–Kier alpha value is -2.18. The molecular formula is C19H22N2O3S. The van der Waals surface area contributed by atoms with E-state index in [2.05, 4.69) is 5.32 Å². The summed E-state index contributed by atoms with van der Waals surface area (Å²) >= 11 is 0. The van der Waals surface area contributed by atoms with Crippen molar-refractivity contribution in [2.45, 2.75) is 31.7 Å². The molecule has 1 heterocycles. The fraction of sp³-hybridized carbons (Fsp3) is 0.316. The summed E-state index contributed by atoms with van der Waals surface area (Å²) in [5.41, 5.74) is 3.68. The van der Waals surface area contributed by atoms with Crippen LogP contribution in [0.3, 0.4) is 0 Å². The van der Waals surface area contributed by atoms with Crippen molar-refractivity contribution in [3.8, 4) is 0 Å². The highest BCUT2D eigenvalue weighted by Gasteiger charge is 2.39. The highest BCUT2D eigenvalue weighted by molar-refractivity contribution is 7.89. The van der Waals surface area contributed by atoms with Gasteiger partial charge >= 0.3 is 0 Å².